The van der Waals surface area contributed by atoms with Crippen LogP contribution in [0.3, 0.4) is 0 Å². The molecule has 0 spiro atoms. The van der Waals surface area contributed by atoms with Gasteiger partial charge < -0.3 is 9.16 Å². The molecule has 0 aliphatic carbocycles. The highest BCUT2D eigenvalue weighted by Crippen LogP contribution is 2.24. The predicted octanol–water partition coefficient (Wildman–Crippen LogP) is 3.90. The van der Waals surface area contributed by atoms with E-state index in [4.69, 9.17) is 9.16 Å². The minimum atomic E-state index is -0.248. The molecule has 0 aliphatic rings. The van der Waals surface area contributed by atoms with Crippen LogP contribution in [0.1, 0.15) is 19.4 Å². The standard InChI is InChI=1S/C16H17O2Si/c1-16(2,18-19)12-13-7-6-10-15(11-13)17-14-8-4-3-5-9-14/h3-11H,12H2,1-2H3. The molecule has 0 heterocycles. The van der Waals surface area contributed by atoms with Crippen LogP contribution >= 0.6 is 0 Å². The normalized spacial score (nSPS) is 11.3. The van der Waals surface area contributed by atoms with Crippen molar-refractivity contribution in [1.82, 2.24) is 0 Å². The Kier molecular flexibility index (Phi) is 4.40. The van der Waals surface area contributed by atoms with Gasteiger partial charge in [0.05, 0.1) is 5.60 Å². The second kappa shape index (κ2) is 6.04. The minimum absolute atomic E-state index is 0.248. The van der Waals surface area contributed by atoms with Crippen molar-refractivity contribution in [2.24, 2.45) is 0 Å². The maximum Gasteiger partial charge on any atom is 0.246 e. The average Bonchev–Trinajstić information content (AvgIpc) is 2.40. The molecule has 0 aromatic heterocycles. The largest absolute Gasteiger partial charge is 0.457 e. The molecule has 0 aliphatic heterocycles. The van der Waals surface area contributed by atoms with E-state index >= 15 is 0 Å². The molecular weight excluding hydrogens is 252 g/mol. The first-order chi connectivity index (χ1) is 9.09. The van der Waals surface area contributed by atoms with Crippen molar-refractivity contribution in [3.8, 4) is 11.5 Å². The molecule has 0 amide bonds. The van der Waals surface area contributed by atoms with Crippen LogP contribution in [-0.2, 0) is 10.8 Å². The lowest BCUT2D eigenvalue weighted by molar-refractivity contribution is 0.124. The van der Waals surface area contributed by atoms with E-state index in [0.29, 0.717) is 0 Å². The maximum absolute atomic E-state index is 5.81. The molecule has 3 radical (unpaired) electrons. The molecule has 2 aromatic carbocycles. The Morgan fingerprint density at radius 1 is 0.947 bits per heavy atom. The van der Waals surface area contributed by atoms with Gasteiger partial charge in [-0.05, 0) is 50.1 Å². The highest BCUT2D eigenvalue weighted by atomic mass is 28.2. The summed E-state index contributed by atoms with van der Waals surface area (Å²) >= 11 is 0. The van der Waals surface area contributed by atoms with Gasteiger partial charge in [-0.1, -0.05) is 30.3 Å². The zero-order chi connectivity index (χ0) is 13.7. The molecule has 2 rings (SSSR count). The fourth-order valence-electron chi connectivity index (χ4n) is 1.87. The molecule has 19 heavy (non-hydrogen) atoms. The lowest BCUT2D eigenvalue weighted by Crippen LogP contribution is -2.26. The van der Waals surface area contributed by atoms with E-state index in [1.807, 2.05) is 62.4 Å². The molecule has 0 N–H and O–H groups in total. The Hall–Kier alpha value is -1.58. The summed E-state index contributed by atoms with van der Waals surface area (Å²) in [7, 11) is 3.12. The molecule has 2 nitrogen and oxygen atoms in total. The van der Waals surface area contributed by atoms with Crippen LogP contribution in [-0.4, -0.2) is 16.1 Å². The van der Waals surface area contributed by atoms with E-state index in [1.54, 1.807) is 0 Å². The van der Waals surface area contributed by atoms with Crippen LogP contribution in [0.2, 0.25) is 0 Å². The fourth-order valence-corrected chi connectivity index (χ4v) is 1.94. The zero-order valence-electron chi connectivity index (χ0n) is 11.2. The van der Waals surface area contributed by atoms with E-state index in [1.165, 1.54) is 5.56 Å². The van der Waals surface area contributed by atoms with E-state index in [0.717, 1.165) is 17.9 Å². The molecule has 2 aromatic rings. The molecule has 0 fully saturated rings. The number of hydrogen-bond acceptors (Lipinski definition) is 2. The summed E-state index contributed by atoms with van der Waals surface area (Å²) in [4.78, 5) is 0. The van der Waals surface area contributed by atoms with Gasteiger partial charge in [0.25, 0.3) is 0 Å². The molecular formula is C16H17O2Si. The number of benzene rings is 2. The summed E-state index contributed by atoms with van der Waals surface area (Å²) in [5, 5.41) is 0. The summed E-state index contributed by atoms with van der Waals surface area (Å²) < 4.78 is 11.1. The van der Waals surface area contributed by atoms with Gasteiger partial charge in [-0.25, -0.2) is 0 Å². The van der Waals surface area contributed by atoms with Crippen molar-refractivity contribution in [3.63, 3.8) is 0 Å². The van der Waals surface area contributed by atoms with Gasteiger partial charge >= 0.3 is 0 Å². The topological polar surface area (TPSA) is 18.5 Å². The molecule has 0 unspecified atom stereocenters. The lowest BCUT2D eigenvalue weighted by Gasteiger charge is -2.23. The third kappa shape index (κ3) is 4.23. The van der Waals surface area contributed by atoms with Gasteiger partial charge in [-0.3, -0.25) is 0 Å². The van der Waals surface area contributed by atoms with Gasteiger partial charge in [0.15, 0.2) is 0 Å². The number of para-hydroxylation sites is 1. The van der Waals surface area contributed by atoms with Crippen LogP contribution in [0.15, 0.2) is 54.6 Å². The highest BCUT2D eigenvalue weighted by molar-refractivity contribution is 5.98. The third-order valence-corrected chi connectivity index (χ3v) is 3.34. The van der Waals surface area contributed by atoms with Crippen molar-refractivity contribution in [2.45, 2.75) is 25.9 Å². The van der Waals surface area contributed by atoms with Gasteiger partial charge in [-0.2, -0.15) is 0 Å². The Morgan fingerprint density at radius 2 is 1.63 bits per heavy atom. The first-order valence-electron chi connectivity index (χ1n) is 6.26. The predicted molar refractivity (Wildman–Crippen MR) is 77.6 cm³/mol. The van der Waals surface area contributed by atoms with E-state index in [2.05, 4.69) is 16.6 Å². The molecule has 0 saturated heterocycles. The van der Waals surface area contributed by atoms with E-state index < -0.39 is 0 Å². The van der Waals surface area contributed by atoms with Crippen molar-refractivity contribution < 1.29 is 9.16 Å². The Labute approximate surface area is 117 Å². The zero-order valence-corrected chi connectivity index (χ0v) is 12.2. The molecule has 3 heteroatoms. The van der Waals surface area contributed by atoms with Gasteiger partial charge in [-0.15, -0.1) is 0 Å². The molecule has 97 valence electrons. The first kappa shape index (κ1) is 13.8. The van der Waals surface area contributed by atoms with Crippen molar-refractivity contribution in [2.75, 3.05) is 0 Å². The van der Waals surface area contributed by atoms with Crippen LogP contribution in [0.5, 0.6) is 11.5 Å². The number of ether oxygens (including phenoxy) is 1. The van der Waals surface area contributed by atoms with Crippen LogP contribution in [0, 0.1) is 0 Å². The van der Waals surface area contributed by atoms with Crippen LogP contribution < -0.4 is 4.74 Å². The summed E-state index contributed by atoms with van der Waals surface area (Å²) in [6.45, 7) is 4.06. The average molecular weight is 269 g/mol. The fraction of sp³-hybridized carbons (Fsp3) is 0.250. The Morgan fingerprint density at radius 3 is 2.32 bits per heavy atom. The molecule has 0 bridgehead atoms. The molecule has 0 atom stereocenters. The second-order valence-electron chi connectivity index (χ2n) is 5.10. The lowest BCUT2D eigenvalue weighted by atomic mass is 9.99. The van der Waals surface area contributed by atoms with Crippen molar-refractivity contribution in [1.29, 1.82) is 0 Å². The smallest absolute Gasteiger partial charge is 0.246 e. The van der Waals surface area contributed by atoms with Crippen LogP contribution in [0.25, 0.3) is 0 Å². The van der Waals surface area contributed by atoms with Gasteiger partial charge in [0.2, 0.25) is 10.5 Å². The van der Waals surface area contributed by atoms with Gasteiger partial charge in [0.1, 0.15) is 11.5 Å². The Bertz CT molecular complexity index is 523. The number of rotatable bonds is 5. The Balaban J connectivity index is 2.11. The third-order valence-electron chi connectivity index (χ3n) is 2.78. The van der Waals surface area contributed by atoms with Gasteiger partial charge in [0, 0.05) is 0 Å². The van der Waals surface area contributed by atoms with E-state index in [9.17, 15) is 0 Å². The SMILES string of the molecule is CC(C)(Cc1cccc(Oc2ccccc2)c1)O[Si]. The quantitative estimate of drug-likeness (QED) is 0.766. The van der Waals surface area contributed by atoms with Crippen LogP contribution in [0.4, 0.5) is 0 Å². The highest BCUT2D eigenvalue weighted by Gasteiger charge is 2.16. The summed E-state index contributed by atoms with van der Waals surface area (Å²) in [5.74, 6) is 1.68. The van der Waals surface area contributed by atoms with Crippen molar-refractivity contribution in [3.05, 3.63) is 60.2 Å². The number of hydrogen-bond donors (Lipinski definition) is 0. The van der Waals surface area contributed by atoms with E-state index in [-0.39, 0.29) is 5.60 Å². The summed E-state index contributed by atoms with van der Waals surface area (Å²) in [6, 6.07) is 17.8. The molecule has 0 saturated carbocycles. The minimum Gasteiger partial charge on any atom is -0.457 e. The first-order valence-corrected chi connectivity index (χ1v) is 6.66. The van der Waals surface area contributed by atoms with Crippen molar-refractivity contribution >= 4 is 10.5 Å². The maximum atomic E-state index is 5.81. The summed E-state index contributed by atoms with van der Waals surface area (Å²) in [5.41, 5.74) is 0.930. The summed E-state index contributed by atoms with van der Waals surface area (Å²) in [6.07, 6.45) is 0.808. The monoisotopic (exact) mass is 269 g/mol. The second-order valence-corrected chi connectivity index (χ2v) is 5.31.